The van der Waals surface area contributed by atoms with Crippen LogP contribution in [0.5, 0.6) is 0 Å². The topological polar surface area (TPSA) is 29.5 Å². The van der Waals surface area contributed by atoms with Crippen molar-refractivity contribution in [1.82, 2.24) is 0 Å². The van der Waals surface area contributed by atoms with Crippen molar-refractivity contribution in [2.24, 2.45) is 0 Å². The Kier molecular flexibility index (Phi) is 5.83. The fraction of sp³-hybridized carbons (Fsp3) is 0. The summed E-state index contributed by atoms with van der Waals surface area (Å²) in [6.45, 7) is 0. The van der Waals surface area contributed by atoms with Crippen LogP contribution in [0.15, 0.2) is 173 Å². The Morgan fingerprint density at radius 3 is 1.58 bits per heavy atom. The monoisotopic (exact) mass is 657 g/mol. The van der Waals surface area contributed by atoms with Gasteiger partial charge in [0.2, 0.25) is 0 Å². The molecule has 3 heterocycles. The van der Waals surface area contributed by atoms with Gasteiger partial charge in [0, 0.05) is 70.9 Å². The van der Waals surface area contributed by atoms with Gasteiger partial charge in [0.1, 0.15) is 22.3 Å². The third kappa shape index (κ3) is 4.16. The van der Waals surface area contributed by atoms with Gasteiger partial charge in [0.05, 0.1) is 0 Å². The van der Waals surface area contributed by atoms with E-state index in [1.54, 1.807) is 0 Å². The summed E-state index contributed by atoms with van der Waals surface area (Å²) < 4.78 is 15.3. The smallest absolute Gasteiger partial charge is 0.137 e. The standard InChI is InChI=1S/C46H27NO2S/c1-2-9-30-25-45-40(24-29(30)8-1)39-13-7-12-34(46(39)50-45)28-16-18-31(19-17-28)47(32-20-22-37-35-10-3-5-14-41(35)48-43(37)26-32)33-21-23-38-36-11-4-6-15-42(36)49-44(38)27-33/h1-27H. The molecule has 11 aromatic rings. The summed E-state index contributed by atoms with van der Waals surface area (Å²) in [5.41, 5.74) is 9.02. The average molecular weight is 658 g/mol. The normalized spacial score (nSPS) is 12.0. The largest absolute Gasteiger partial charge is 0.456 e. The van der Waals surface area contributed by atoms with Gasteiger partial charge in [-0.2, -0.15) is 0 Å². The van der Waals surface area contributed by atoms with Gasteiger partial charge < -0.3 is 13.7 Å². The maximum Gasteiger partial charge on any atom is 0.137 e. The molecule has 50 heavy (non-hydrogen) atoms. The first-order valence-corrected chi connectivity index (χ1v) is 17.6. The van der Waals surface area contributed by atoms with Crippen molar-refractivity contribution in [3.05, 3.63) is 164 Å². The molecule has 0 saturated carbocycles. The molecular formula is C46H27NO2S. The van der Waals surface area contributed by atoms with E-state index >= 15 is 0 Å². The highest BCUT2D eigenvalue weighted by atomic mass is 32.1. The van der Waals surface area contributed by atoms with Crippen LogP contribution in [0.2, 0.25) is 0 Å². The molecule has 0 amide bonds. The van der Waals surface area contributed by atoms with E-state index in [1.165, 1.54) is 42.1 Å². The second-order valence-electron chi connectivity index (χ2n) is 12.9. The van der Waals surface area contributed by atoms with Gasteiger partial charge in [-0.15, -0.1) is 11.3 Å². The number of hydrogen-bond donors (Lipinski definition) is 0. The quantitative estimate of drug-likeness (QED) is 0.189. The molecule has 0 unspecified atom stereocenters. The molecule has 4 heteroatoms. The lowest BCUT2D eigenvalue weighted by atomic mass is 10.0. The van der Waals surface area contributed by atoms with E-state index in [0.29, 0.717) is 0 Å². The van der Waals surface area contributed by atoms with E-state index in [2.05, 4.69) is 144 Å². The van der Waals surface area contributed by atoms with Gasteiger partial charge in [0.15, 0.2) is 0 Å². The highest BCUT2D eigenvalue weighted by Crippen LogP contribution is 2.44. The molecular weight excluding hydrogens is 631 g/mol. The molecule has 8 aromatic carbocycles. The Hall–Kier alpha value is -6.36. The third-order valence-electron chi connectivity index (χ3n) is 10.0. The van der Waals surface area contributed by atoms with Crippen molar-refractivity contribution in [1.29, 1.82) is 0 Å². The number of anilines is 3. The molecule has 0 atom stereocenters. The number of hydrogen-bond acceptors (Lipinski definition) is 4. The van der Waals surface area contributed by atoms with Gasteiger partial charge in [-0.05, 0) is 82.6 Å². The fourth-order valence-corrected chi connectivity index (χ4v) is 8.92. The van der Waals surface area contributed by atoms with Crippen LogP contribution >= 0.6 is 11.3 Å². The van der Waals surface area contributed by atoms with Crippen LogP contribution in [0.4, 0.5) is 17.1 Å². The van der Waals surface area contributed by atoms with E-state index in [-0.39, 0.29) is 0 Å². The van der Waals surface area contributed by atoms with Gasteiger partial charge in [-0.1, -0.05) is 91.0 Å². The maximum atomic E-state index is 6.35. The zero-order valence-corrected chi connectivity index (χ0v) is 27.6. The van der Waals surface area contributed by atoms with E-state index < -0.39 is 0 Å². The van der Waals surface area contributed by atoms with Crippen LogP contribution < -0.4 is 4.90 Å². The lowest BCUT2D eigenvalue weighted by molar-refractivity contribution is 0.669. The SMILES string of the molecule is c1ccc2cc3c(cc2c1)sc1c(-c2ccc(N(c4ccc5c(c4)oc4ccccc45)c4ccc5c(c4)oc4ccccc45)cc2)cccc13. The molecule has 3 nitrogen and oxygen atoms in total. The Morgan fingerprint density at radius 2 is 0.920 bits per heavy atom. The fourth-order valence-electron chi connectivity index (χ4n) is 7.66. The molecule has 0 bridgehead atoms. The summed E-state index contributed by atoms with van der Waals surface area (Å²) >= 11 is 1.88. The van der Waals surface area contributed by atoms with Crippen molar-refractivity contribution < 1.29 is 8.83 Å². The zero-order valence-electron chi connectivity index (χ0n) is 26.8. The van der Waals surface area contributed by atoms with Crippen LogP contribution in [-0.2, 0) is 0 Å². The summed E-state index contributed by atoms with van der Waals surface area (Å²) in [4.78, 5) is 2.29. The van der Waals surface area contributed by atoms with Crippen molar-refractivity contribution in [3.8, 4) is 11.1 Å². The number of nitrogens with zero attached hydrogens (tertiary/aromatic N) is 1. The van der Waals surface area contributed by atoms with Gasteiger partial charge in [-0.25, -0.2) is 0 Å². The zero-order chi connectivity index (χ0) is 32.8. The van der Waals surface area contributed by atoms with Crippen LogP contribution in [0, 0.1) is 0 Å². The second kappa shape index (κ2) is 10.6. The van der Waals surface area contributed by atoms with Crippen LogP contribution in [0.25, 0.3) is 85.9 Å². The van der Waals surface area contributed by atoms with Crippen molar-refractivity contribution in [2.45, 2.75) is 0 Å². The first-order valence-electron chi connectivity index (χ1n) is 16.8. The first kappa shape index (κ1) is 27.6. The molecule has 234 valence electrons. The summed E-state index contributed by atoms with van der Waals surface area (Å²) in [6.07, 6.45) is 0. The molecule has 0 N–H and O–H groups in total. The molecule has 0 fully saturated rings. The number of rotatable bonds is 4. The van der Waals surface area contributed by atoms with Gasteiger partial charge >= 0.3 is 0 Å². The van der Waals surface area contributed by atoms with Gasteiger partial charge in [-0.3, -0.25) is 0 Å². The number of furan rings is 2. The number of fused-ring (bicyclic) bond motifs is 10. The lowest BCUT2D eigenvalue weighted by Crippen LogP contribution is -2.09. The van der Waals surface area contributed by atoms with Crippen molar-refractivity contribution in [3.63, 3.8) is 0 Å². The lowest BCUT2D eigenvalue weighted by Gasteiger charge is -2.25. The van der Waals surface area contributed by atoms with Crippen LogP contribution in [0.3, 0.4) is 0 Å². The Balaban J connectivity index is 1.06. The molecule has 11 rings (SSSR count). The van der Waals surface area contributed by atoms with Gasteiger partial charge in [0.25, 0.3) is 0 Å². The summed E-state index contributed by atoms with van der Waals surface area (Å²) in [7, 11) is 0. The Labute approximate surface area is 290 Å². The molecule has 0 aliphatic rings. The first-order chi connectivity index (χ1) is 24.7. The number of para-hydroxylation sites is 2. The highest BCUT2D eigenvalue weighted by molar-refractivity contribution is 7.26. The Morgan fingerprint density at radius 1 is 0.380 bits per heavy atom. The summed E-state index contributed by atoms with van der Waals surface area (Å²) in [6, 6.07) is 58.4. The van der Waals surface area contributed by atoms with E-state index in [0.717, 1.165) is 60.9 Å². The van der Waals surface area contributed by atoms with E-state index in [9.17, 15) is 0 Å². The number of thiophene rings is 1. The van der Waals surface area contributed by atoms with Crippen molar-refractivity contribution >= 4 is 103 Å². The molecule has 0 aliphatic heterocycles. The molecule has 0 radical (unpaired) electrons. The molecule has 0 spiro atoms. The molecule has 3 aromatic heterocycles. The highest BCUT2D eigenvalue weighted by Gasteiger charge is 2.18. The van der Waals surface area contributed by atoms with Crippen molar-refractivity contribution in [2.75, 3.05) is 4.90 Å². The molecule has 0 saturated heterocycles. The maximum absolute atomic E-state index is 6.35. The van der Waals surface area contributed by atoms with E-state index in [4.69, 9.17) is 8.83 Å². The summed E-state index contributed by atoms with van der Waals surface area (Å²) in [5, 5.41) is 9.63. The predicted octanol–water partition coefficient (Wildman–Crippen LogP) is 14.1. The minimum atomic E-state index is 0.860. The Bertz CT molecular complexity index is 2990. The predicted molar refractivity (Wildman–Crippen MR) is 212 cm³/mol. The minimum Gasteiger partial charge on any atom is -0.456 e. The average Bonchev–Trinajstić information content (AvgIpc) is 3.84. The van der Waals surface area contributed by atoms with Crippen LogP contribution in [-0.4, -0.2) is 0 Å². The summed E-state index contributed by atoms with van der Waals surface area (Å²) in [5.74, 6) is 0. The number of benzene rings is 8. The molecule has 0 aliphatic carbocycles. The second-order valence-corrected chi connectivity index (χ2v) is 14.0. The third-order valence-corrected chi connectivity index (χ3v) is 11.2. The van der Waals surface area contributed by atoms with E-state index in [1.807, 2.05) is 35.6 Å². The van der Waals surface area contributed by atoms with Crippen LogP contribution in [0.1, 0.15) is 0 Å². The minimum absolute atomic E-state index is 0.860.